The maximum Gasteiger partial charge on any atom is 0.401 e. The highest BCUT2D eigenvalue weighted by atomic mass is 19.4. The van der Waals surface area contributed by atoms with Crippen molar-refractivity contribution in [2.75, 3.05) is 6.54 Å². The highest BCUT2D eigenvalue weighted by Gasteiger charge is 2.38. The number of hydrogen-bond donors (Lipinski definition) is 2. The van der Waals surface area contributed by atoms with Crippen LogP contribution in [-0.4, -0.2) is 29.6 Å². The number of benzene rings is 1. The molecule has 1 aliphatic rings. The number of amides is 1. The number of halogens is 4. The Morgan fingerprint density at radius 1 is 1.38 bits per heavy atom. The molecule has 0 atom stereocenters. The maximum absolute atomic E-state index is 13.7. The van der Waals surface area contributed by atoms with E-state index in [2.05, 4.69) is 0 Å². The summed E-state index contributed by atoms with van der Waals surface area (Å²) in [5, 5.41) is 0. The first kappa shape index (κ1) is 15.7. The highest BCUT2D eigenvalue weighted by molar-refractivity contribution is 5.93. The van der Waals surface area contributed by atoms with Gasteiger partial charge in [-0.25, -0.2) is 10.2 Å². The SMILES string of the molecule is NNC(=O)c1ccc(F)c(CN(CC(F)(F)F)C2CC2)c1. The smallest absolute Gasteiger partial charge is 0.290 e. The van der Waals surface area contributed by atoms with Crippen LogP contribution in [0.3, 0.4) is 0 Å². The Morgan fingerprint density at radius 3 is 2.57 bits per heavy atom. The van der Waals surface area contributed by atoms with Crippen molar-refractivity contribution < 1.29 is 22.4 Å². The Hall–Kier alpha value is -1.67. The Kier molecular flexibility index (Phi) is 4.48. The number of nitrogens with zero attached hydrogens (tertiary/aromatic N) is 1. The molecule has 21 heavy (non-hydrogen) atoms. The van der Waals surface area contributed by atoms with Crippen LogP contribution in [0, 0.1) is 5.82 Å². The predicted octanol–water partition coefficient (Wildman–Crippen LogP) is 1.96. The monoisotopic (exact) mass is 305 g/mol. The normalized spacial score (nSPS) is 15.3. The molecule has 0 heterocycles. The van der Waals surface area contributed by atoms with Gasteiger partial charge in [-0.1, -0.05) is 0 Å². The molecule has 1 aromatic rings. The second kappa shape index (κ2) is 5.98. The second-order valence-corrected chi connectivity index (χ2v) is 5.03. The van der Waals surface area contributed by atoms with Gasteiger partial charge < -0.3 is 0 Å². The van der Waals surface area contributed by atoms with Crippen molar-refractivity contribution in [1.29, 1.82) is 0 Å². The third-order valence-electron chi connectivity index (χ3n) is 3.26. The number of nitrogens with two attached hydrogens (primary N) is 1. The van der Waals surface area contributed by atoms with Crippen molar-refractivity contribution >= 4 is 5.91 Å². The molecule has 2 rings (SSSR count). The van der Waals surface area contributed by atoms with Gasteiger partial charge in [-0.3, -0.25) is 15.1 Å². The van der Waals surface area contributed by atoms with Crippen LogP contribution >= 0.6 is 0 Å². The number of alkyl halides is 3. The van der Waals surface area contributed by atoms with E-state index in [0.717, 1.165) is 6.07 Å². The van der Waals surface area contributed by atoms with Crippen LogP contribution in [-0.2, 0) is 6.54 Å². The van der Waals surface area contributed by atoms with Crippen molar-refractivity contribution in [3.63, 3.8) is 0 Å². The molecule has 0 aliphatic heterocycles. The molecular formula is C13H15F4N3O. The zero-order valence-corrected chi connectivity index (χ0v) is 11.1. The van der Waals surface area contributed by atoms with Crippen LogP contribution in [0.2, 0.25) is 0 Å². The standard InChI is InChI=1S/C13H15F4N3O/c14-11-4-1-8(12(21)19-18)5-9(11)6-20(10-2-3-10)7-13(15,16)17/h1,4-5,10H,2-3,6-7,18H2,(H,19,21). The molecule has 3 N–H and O–H groups in total. The first-order chi connectivity index (χ1) is 9.80. The molecule has 8 heteroatoms. The number of nitrogens with one attached hydrogen (secondary N) is 1. The second-order valence-electron chi connectivity index (χ2n) is 5.03. The number of carbonyl (C=O) groups is 1. The largest absolute Gasteiger partial charge is 0.401 e. The first-order valence-electron chi connectivity index (χ1n) is 6.40. The van der Waals surface area contributed by atoms with Gasteiger partial charge >= 0.3 is 6.18 Å². The Balaban J connectivity index is 2.17. The summed E-state index contributed by atoms with van der Waals surface area (Å²) in [6, 6.07) is 3.33. The summed E-state index contributed by atoms with van der Waals surface area (Å²) in [4.78, 5) is 12.6. The minimum Gasteiger partial charge on any atom is -0.290 e. The quantitative estimate of drug-likeness (QED) is 0.378. The van der Waals surface area contributed by atoms with E-state index in [4.69, 9.17) is 5.84 Å². The molecular weight excluding hydrogens is 290 g/mol. The van der Waals surface area contributed by atoms with Crippen LogP contribution in [0.4, 0.5) is 17.6 Å². The number of nitrogen functional groups attached to an aromatic ring is 1. The van der Waals surface area contributed by atoms with Gasteiger partial charge in [0.2, 0.25) is 0 Å². The molecule has 1 saturated carbocycles. The van der Waals surface area contributed by atoms with Gasteiger partial charge in [0.05, 0.1) is 6.54 Å². The molecule has 0 aromatic heterocycles. The van der Waals surface area contributed by atoms with E-state index in [9.17, 15) is 22.4 Å². The van der Waals surface area contributed by atoms with E-state index in [1.54, 1.807) is 0 Å². The van der Waals surface area contributed by atoms with Gasteiger partial charge in [-0.15, -0.1) is 0 Å². The van der Waals surface area contributed by atoms with Gasteiger partial charge in [0.1, 0.15) is 5.82 Å². The minimum absolute atomic E-state index is 0.0484. The van der Waals surface area contributed by atoms with Crippen molar-refractivity contribution in [3.05, 3.63) is 35.1 Å². The number of hydrogen-bond acceptors (Lipinski definition) is 3. The van der Waals surface area contributed by atoms with Gasteiger partial charge in [0.25, 0.3) is 5.91 Å². The van der Waals surface area contributed by atoms with Gasteiger partial charge in [0.15, 0.2) is 0 Å². The van der Waals surface area contributed by atoms with Gasteiger partial charge in [0, 0.05) is 23.7 Å². The Labute approximate surface area is 118 Å². The highest BCUT2D eigenvalue weighted by Crippen LogP contribution is 2.31. The zero-order chi connectivity index (χ0) is 15.6. The minimum atomic E-state index is -4.34. The van der Waals surface area contributed by atoms with E-state index in [-0.39, 0.29) is 23.7 Å². The van der Waals surface area contributed by atoms with E-state index in [0.29, 0.717) is 12.8 Å². The lowest BCUT2D eigenvalue weighted by atomic mass is 10.1. The van der Waals surface area contributed by atoms with Crippen LogP contribution in [0.5, 0.6) is 0 Å². The topological polar surface area (TPSA) is 58.4 Å². The molecule has 0 unspecified atom stereocenters. The lowest BCUT2D eigenvalue weighted by molar-refractivity contribution is -0.148. The maximum atomic E-state index is 13.7. The summed E-state index contributed by atoms with van der Waals surface area (Å²) < 4.78 is 51.4. The summed E-state index contributed by atoms with van der Waals surface area (Å²) in [6.07, 6.45) is -3.01. The zero-order valence-electron chi connectivity index (χ0n) is 11.1. The third-order valence-corrected chi connectivity index (χ3v) is 3.26. The van der Waals surface area contributed by atoms with Crippen LogP contribution in [0.1, 0.15) is 28.8 Å². The number of rotatable bonds is 5. The Morgan fingerprint density at radius 2 is 2.05 bits per heavy atom. The molecule has 0 saturated heterocycles. The molecule has 1 aliphatic carbocycles. The number of carbonyl (C=O) groups excluding carboxylic acids is 1. The molecule has 0 spiro atoms. The molecule has 116 valence electrons. The first-order valence-corrected chi connectivity index (χ1v) is 6.40. The van der Waals surface area contributed by atoms with Gasteiger partial charge in [-0.05, 0) is 31.0 Å². The summed E-state index contributed by atoms with van der Waals surface area (Å²) in [7, 11) is 0. The number of hydrazine groups is 1. The summed E-state index contributed by atoms with van der Waals surface area (Å²) in [6.45, 7) is -1.29. The fourth-order valence-corrected chi connectivity index (χ4v) is 2.12. The molecule has 1 fully saturated rings. The van der Waals surface area contributed by atoms with Crippen molar-refractivity contribution in [3.8, 4) is 0 Å². The predicted molar refractivity (Wildman–Crippen MR) is 67.5 cm³/mol. The van der Waals surface area contributed by atoms with Crippen LogP contribution < -0.4 is 11.3 Å². The molecule has 1 aromatic carbocycles. The fraction of sp³-hybridized carbons (Fsp3) is 0.462. The Bertz CT molecular complexity index is 529. The van der Waals surface area contributed by atoms with Crippen molar-refractivity contribution in [2.45, 2.75) is 31.6 Å². The lowest BCUT2D eigenvalue weighted by Gasteiger charge is -2.23. The lowest BCUT2D eigenvalue weighted by Crippen LogP contribution is -2.36. The van der Waals surface area contributed by atoms with E-state index >= 15 is 0 Å². The van der Waals surface area contributed by atoms with E-state index in [1.807, 2.05) is 5.43 Å². The average Bonchev–Trinajstić information content (AvgIpc) is 3.22. The summed E-state index contributed by atoms with van der Waals surface area (Å²) in [5.41, 5.74) is 2.06. The molecule has 0 radical (unpaired) electrons. The van der Waals surface area contributed by atoms with Gasteiger partial charge in [-0.2, -0.15) is 13.2 Å². The van der Waals surface area contributed by atoms with E-state index < -0.39 is 24.4 Å². The third kappa shape index (κ3) is 4.40. The summed E-state index contributed by atoms with van der Waals surface area (Å²) >= 11 is 0. The average molecular weight is 305 g/mol. The molecule has 4 nitrogen and oxygen atoms in total. The van der Waals surface area contributed by atoms with Crippen LogP contribution in [0.25, 0.3) is 0 Å². The molecule has 0 bridgehead atoms. The van der Waals surface area contributed by atoms with Crippen molar-refractivity contribution in [2.24, 2.45) is 5.84 Å². The fourth-order valence-electron chi connectivity index (χ4n) is 2.12. The van der Waals surface area contributed by atoms with Crippen molar-refractivity contribution in [1.82, 2.24) is 10.3 Å². The molecule has 1 amide bonds. The van der Waals surface area contributed by atoms with Crippen LogP contribution in [0.15, 0.2) is 18.2 Å². The van der Waals surface area contributed by atoms with E-state index in [1.165, 1.54) is 17.0 Å². The summed E-state index contributed by atoms with van der Waals surface area (Å²) in [5.74, 6) is 3.72.